The molecule has 4 aromatic rings. The first-order chi connectivity index (χ1) is 17.5. The number of hydrogen-bond acceptors (Lipinski definition) is 5. The van der Waals surface area contributed by atoms with Crippen molar-refractivity contribution in [2.45, 2.75) is 32.7 Å². The maximum Gasteiger partial charge on any atom is 0.511 e. The molecule has 0 spiro atoms. The Morgan fingerprint density at radius 2 is 1.89 bits per heavy atom. The number of urea groups is 1. The Balaban J connectivity index is 1.47. The van der Waals surface area contributed by atoms with E-state index in [0.717, 1.165) is 47.4 Å². The summed E-state index contributed by atoms with van der Waals surface area (Å²) in [6, 6.07) is 18.6. The third-order valence-corrected chi connectivity index (χ3v) is 6.18. The number of fused-ring (bicyclic) bond motifs is 1. The summed E-state index contributed by atoms with van der Waals surface area (Å²) in [6.45, 7) is 4.00. The topological polar surface area (TPSA) is 110 Å². The zero-order valence-electron chi connectivity index (χ0n) is 20.0. The number of anilines is 1. The number of ether oxygens (including phenoxy) is 1. The van der Waals surface area contributed by atoms with Gasteiger partial charge in [-0.1, -0.05) is 49.4 Å². The SMILES string of the molecule is CCCc1nc2ccc(N3CCCNC3=O)nc2n1Cc1ccc(-c2ccccc2OC(=O)O)cc1. The highest BCUT2D eigenvalue weighted by atomic mass is 16.7. The zero-order valence-corrected chi connectivity index (χ0v) is 20.0. The van der Waals surface area contributed by atoms with Crippen LogP contribution >= 0.6 is 0 Å². The Labute approximate surface area is 208 Å². The van der Waals surface area contributed by atoms with Crippen molar-refractivity contribution >= 4 is 29.2 Å². The number of carboxylic acid groups (broad SMARTS) is 1. The minimum atomic E-state index is -1.34. The summed E-state index contributed by atoms with van der Waals surface area (Å²) in [6.07, 6.45) is 1.29. The molecule has 0 saturated carbocycles. The molecule has 5 rings (SSSR count). The molecule has 0 bridgehead atoms. The molecule has 2 N–H and O–H groups in total. The maximum absolute atomic E-state index is 12.4. The lowest BCUT2D eigenvalue weighted by atomic mass is 10.0. The Hall–Kier alpha value is -4.40. The van der Waals surface area contributed by atoms with E-state index >= 15 is 0 Å². The number of carbonyl (C=O) groups is 2. The highest BCUT2D eigenvalue weighted by molar-refractivity contribution is 5.92. The van der Waals surface area contributed by atoms with Crippen LogP contribution in [0.15, 0.2) is 60.7 Å². The van der Waals surface area contributed by atoms with Gasteiger partial charge in [-0.15, -0.1) is 0 Å². The van der Waals surface area contributed by atoms with Crippen molar-refractivity contribution < 1.29 is 19.4 Å². The Morgan fingerprint density at radius 1 is 1.08 bits per heavy atom. The number of amides is 2. The Kier molecular flexibility index (Phi) is 6.53. The first-order valence-electron chi connectivity index (χ1n) is 12.0. The number of rotatable bonds is 7. The van der Waals surface area contributed by atoms with Crippen molar-refractivity contribution in [3.8, 4) is 16.9 Å². The van der Waals surface area contributed by atoms with Crippen LogP contribution in [0.5, 0.6) is 5.75 Å². The van der Waals surface area contributed by atoms with Crippen LogP contribution < -0.4 is 15.0 Å². The van der Waals surface area contributed by atoms with E-state index in [1.807, 2.05) is 48.5 Å². The van der Waals surface area contributed by atoms with Gasteiger partial charge in [0.1, 0.15) is 22.9 Å². The van der Waals surface area contributed by atoms with Gasteiger partial charge in [0.2, 0.25) is 0 Å². The smallest absolute Gasteiger partial charge is 0.449 e. The normalized spacial score (nSPS) is 13.6. The van der Waals surface area contributed by atoms with Gasteiger partial charge in [0.15, 0.2) is 5.65 Å². The molecule has 1 aliphatic heterocycles. The van der Waals surface area contributed by atoms with Gasteiger partial charge in [-0.3, -0.25) is 4.90 Å². The molecule has 184 valence electrons. The summed E-state index contributed by atoms with van der Waals surface area (Å²) in [5, 5.41) is 11.9. The summed E-state index contributed by atoms with van der Waals surface area (Å²) < 4.78 is 7.05. The van der Waals surface area contributed by atoms with E-state index in [1.54, 1.807) is 17.0 Å². The van der Waals surface area contributed by atoms with E-state index in [4.69, 9.17) is 19.8 Å². The van der Waals surface area contributed by atoms with E-state index in [2.05, 4.69) is 16.8 Å². The van der Waals surface area contributed by atoms with Gasteiger partial charge >= 0.3 is 12.2 Å². The van der Waals surface area contributed by atoms with Crippen LogP contribution in [0.3, 0.4) is 0 Å². The lowest BCUT2D eigenvalue weighted by molar-refractivity contribution is 0.144. The molecule has 9 nitrogen and oxygen atoms in total. The molecule has 1 aliphatic rings. The minimum Gasteiger partial charge on any atom is -0.449 e. The number of hydrogen-bond donors (Lipinski definition) is 2. The van der Waals surface area contributed by atoms with Crippen LogP contribution in [0.2, 0.25) is 0 Å². The molecule has 3 heterocycles. The van der Waals surface area contributed by atoms with Crippen molar-refractivity contribution in [2.75, 3.05) is 18.0 Å². The van der Waals surface area contributed by atoms with Crippen LogP contribution in [-0.2, 0) is 13.0 Å². The van der Waals surface area contributed by atoms with Crippen molar-refractivity contribution in [1.29, 1.82) is 0 Å². The predicted molar refractivity (Wildman–Crippen MR) is 137 cm³/mol. The van der Waals surface area contributed by atoms with Gasteiger partial charge < -0.3 is 19.7 Å². The summed E-state index contributed by atoms with van der Waals surface area (Å²) in [4.78, 5) is 34.7. The van der Waals surface area contributed by atoms with E-state index < -0.39 is 6.16 Å². The Morgan fingerprint density at radius 3 is 2.64 bits per heavy atom. The van der Waals surface area contributed by atoms with Gasteiger partial charge in [-0.25, -0.2) is 19.6 Å². The van der Waals surface area contributed by atoms with Crippen LogP contribution in [0.1, 0.15) is 31.2 Å². The van der Waals surface area contributed by atoms with Crippen LogP contribution in [0.25, 0.3) is 22.3 Å². The van der Waals surface area contributed by atoms with Crippen molar-refractivity contribution in [1.82, 2.24) is 19.9 Å². The predicted octanol–water partition coefficient (Wildman–Crippen LogP) is 5.08. The molecular formula is C27H27N5O4. The number of benzene rings is 2. The molecule has 0 aliphatic carbocycles. The second kappa shape index (κ2) is 10.1. The number of para-hydroxylation sites is 1. The minimum absolute atomic E-state index is 0.129. The maximum atomic E-state index is 12.4. The highest BCUT2D eigenvalue weighted by Crippen LogP contribution is 2.30. The molecule has 9 heteroatoms. The first-order valence-corrected chi connectivity index (χ1v) is 12.0. The number of nitrogens with zero attached hydrogens (tertiary/aromatic N) is 4. The largest absolute Gasteiger partial charge is 0.511 e. The van der Waals surface area contributed by atoms with Gasteiger partial charge in [0.05, 0.1) is 6.54 Å². The van der Waals surface area contributed by atoms with Crippen molar-refractivity contribution in [3.05, 3.63) is 72.1 Å². The van der Waals surface area contributed by atoms with E-state index in [-0.39, 0.29) is 6.03 Å². The molecule has 36 heavy (non-hydrogen) atoms. The lowest BCUT2D eigenvalue weighted by Gasteiger charge is -2.26. The average Bonchev–Trinajstić information content (AvgIpc) is 3.21. The van der Waals surface area contributed by atoms with E-state index in [0.29, 0.717) is 36.8 Å². The van der Waals surface area contributed by atoms with Crippen LogP contribution in [-0.4, -0.2) is 44.9 Å². The fourth-order valence-corrected chi connectivity index (χ4v) is 4.48. The number of nitrogens with one attached hydrogen (secondary N) is 1. The number of pyridine rings is 1. The molecule has 2 amide bonds. The standard InChI is InChI=1S/C27H27N5O4/c1-2-6-23-29-21-13-14-24(31-16-5-15-28-26(31)33)30-25(21)32(23)17-18-9-11-19(12-10-18)20-7-3-4-8-22(20)36-27(34)35/h3-4,7-14H,2,5-6,15-17H2,1H3,(H,28,33)(H,34,35). The average molecular weight is 486 g/mol. The van der Waals surface area contributed by atoms with Crippen LogP contribution in [0, 0.1) is 0 Å². The van der Waals surface area contributed by atoms with Crippen LogP contribution in [0.4, 0.5) is 15.4 Å². The third kappa shape index (κ3) is 4.72. The van der Waals surface area contributed by atoms with E-state index in [1.165, 1.54) is 0 Å². The van der Waals surface area contributed by atoms with Gasteiger partial charge in [0, 0.05) is 25.1 Å². The number of aromatic nitrogens is 3. The summed E-state index contributed by atoms with van der Waals surface area (Å²) in [5.41, 5.74) is 4.17. The van der Waals surface area contributed by atoms with Gasteiger partial charge in [0.25, 0.3) is 0 Å². The summed E-state index contributed by atoms with van der Waals surface area (Å²) >= 11 is 0. The van der Waals surface area contributed by atoms with E-state index in [9.17, 15) is 9.59 Å². The third-order valence-electron chi connectivity index (χ3n) is 6.18. The lowest BCUT2D eigenvalue weighted by Crippen LogP contribution is -2.46. The molecule has 0 radical (unpaired) electrons. The van der Waals surface area contributed by atoms with Gasteiger partial charge in [-0.2, -0.15) is 0 Å². The first kappa shape index (κ1) is 23.3. The molecule has 2 aromatic heterocycles. The molecular weight excluding hydrogens is 458 g/mol. The molecule has 2 aromatic carbocycles. The zero-order chi connectivity index (χ0) is 25.1. The second-order valence-corrected chi connectivity index (χ2v) is 8.67. The second-order valence-electron chi connectivity index (χ2n) is 8.67. The van der Waals surface area contributed by atoms with Crippen molar-refractivity contribution in [2.24, 2.45) is 0 Å². The molecule has 1 saturated heterocycles. The number of carbonyl (C=O) groups excluding carboxylic acids is 1. The molecule has 1 fully saturated rings. The molecule has 0 atom stereocenters. The van der Waals surface area contributed by atoms with Gasteiger partial charge in [-0.05, 0) is 42.2 Å². The summed E-state index contributed by atoms with van der Waals surface area (Å²) in [5.74, 6) is 1.86. The quantitative estimate of drug-likeness (QED) is 0.279. The fourth-order valence-electron chi connectivity index (χ4n) is 4.48. The number of aryl methyl sites for hydroxylation is 1. The number of imidazole rings is 1. The summed E-state index contributed by atoms with van der Waals surface area (Å²) in [7, 11) is 0. The van der Waals surface area contributed by atoms with Crippen molar-refractivity contribution in [3.63, 3.8) is 0 Å². The monoisotopic (exact) mass is 485 g/mol. The Bertz CT molecular complexity index is 1410. The fraction of sp³-hybridized carbons (Fsp3) is 0.259. The molecule has 0 unspecified atom stereocenters. The highest BCUT2D eigenvalue weighted by Gasteiger charge is 2.22.